The zero-order valence-electron chi connectivity index (χ0n) is 6.35. The summed E-state index contributed by atoms with van der Waals surface area (Å²) in [4.78, 5) is 3.96. The Labute approximate surface area is 81.3 Å². The largest absolute Gasteiger partial charge is 0.245 e. The second-order valence-electron chi connectivity index (χ2n) is 2.17. The summed E-state index contributed by atoms with van der Waals surface area (Å²) in [5, 5.41) is 7.36. The highest BCUT2D eigenvalue weighted by atomic mass is 35.5. The van der Waals surface area contributed by atoms with Gasteiger partial charge in [0.1, 0.15) is 5.75 Å². The summed E-state index contributed by atoms with van der Waals surface area (Å²) >= 11 is 1.41. The predicted octanol–water partition coefficient (Wildman–Crippen LogP) is 0.662. The summed E-state index contributed by atoms with van der Waals surface area (Å²) in [6, 6.07) is 0. The van der Waals surface area contributed by atoms with Crippen LogP contribution in [0.15, 0.2) is 5.38 Å². The summed E-state index contributed by atoms with van der Waals surface area (Å²) in [7, 11) is -3.42. The van der Waals surface area contributed by atoms with Crippen LogP contribution in [0, 0.1) is 6.92 Å². The molecule has 0 aromatic carbocycles. The molecule has 0 aliphatic heterocycles. The molecular weight excluding hydrogens is 220 g/mol. The van der Waals surface area contributed by atoms with Gasteiger partial charge in [-0.25, -0.2) is 18.5 Å². The van der Waals surface area contributed by atoms with E-state index in [-0.39, 0.29) is 18.2 Å². The van der Waals surface area contributed by atoms with Crippen molar-refractivity contribution >= 4 is 33.8 Å². The number of halogens is 1. The molecule has 1 aromatic rings. The van der Waals surface area contributed by atoms with E-state index in [0.717, 1.165) is 5.01 Å². The van der Waals surface area contributed by atoms with Gasteiger partial charge in [-0.15, -0.1) is 23.7 Å². The van der Waals surface area contributed by atoms with Crippen molar-refractivity contribution in [3.05, 3.63) is 16.1 Å². The van der Waals surface area contributed by atoms with E-state index < -0.39 is 10.0 Å². The van der Waals surface area contributed by atoms with Crippen molar-refractivity contribution in [1.29, 1.82) is 0 Å². The number of aryl methyl sites for hydroxylation is 1. The Morgan fingerprint density at radius 1 is 1.67 bits per heavy atom. The van der Waals surface area contributed by atoms with Gasteiger partial charge >= 0.3 is 0 Å². The fourth-order valence-corrected chi connectivity index (χ4v) is 1.96. The SMILES string of the molecule is Cc1nc(CS(N)(=O)=O)cs1.Cl. The third-order valence-corrected chi connectivity index (χ3v) is 2.54. The van der Waals surface area contributed by atoms with E-state index >= 15 is 0 Å². The first-order valence-electron chi connectivity index (χ1n) is 2.89. The molecule has 1 heterocycles. The molecule has 4 nitrogen and oxygen atoms in total. The highest BCUT2D eigenvalue weighted by molar-refractivity contribution is 7.88. The molecule has 2 N–H and O–H groups in total. The lowest BCUT2D eigenvalue weighted by molar-refractivity contribution is 0.596. The van der Waals surface area contributed by atoms with E-state index in [1.165, 1.54) is 11.3 Å². The van der Waals surface area contributed by atoms with Gasteiger partial charge in [0.15, 0.2) is 0 Å². The van der Waals surface area contributed by atoms with E-state index in [2.05, 4.69) is 4.98 Å². The molecule has 0 saturated carbocycles. The minimum absolute atomic E-state index is 0. The number of nitrogens with two attached hydrogens (primary N) is 1. The van der Waals surface area contributed by atoms with Gasteiger partial charge < -0.3 is 0 Å². The highest BCUT2D eigenvalue weighted by Gasteiger charge is 2.06. The maximum absolute atomic E-state index is 10.6. The van der Waals surface area contributed by atoms with Gasteiger partial charge in [0.25, 0.3) is 0 Å². The molecule has 7 heteroatoms. The molecule has 0 spiro atoms. The van der Waals surface area contributed by atoms with Crippen LogP contribution in [-0.2, 0) is 15.8 Å². The van der Waals surface area contributed by atoms with Gasteiger partial charge in [-0.3, -0.25) is 0 Å². The van der Waals surface area contributed by atoms with Crippen molar-refractivity contribution in [2.45, 2.75) is 12.7 Å². The highest BCUT2D eigenvalue weighted by Crippen LogP contribution is 2.09. The molecule has 70 valence electrons. The number of hydrogen-bond acceptors (Lipinski definition) is 4. The molecule has 12 heavy (non-hydrogen) atoms. The monoisotopic (exact) mass is 228 g/mol. The van der Waals surface area contributed by atoms with Crippen molar-refractivity contribution in [2.24, 2.45) is 5.14 Å². The number of primary sulfonamides is 1. The molecular formula is C5H9ClN2O2S2. The number of nitrogens with zero attached hydrogens (tertiary/aromatic N) is 1. The molecule has 0 atom stereocenters. The maximum Gasteiger partial charge on any atom is 0.214 e. The fourth-order valence-electron chi connectivity index (χ4n) is 0.681. The Morgan fingerprint density at radius 3 is 2.58 bits per heavy atom. The third-order valence-electron chi connectivity index (χ3n) is 1.02. The van der Waals surface area contributed by atoms with Gasteiger partial charge in [0.2, 0.25) is 10.0 Å². The smallest absolute Gasteiger partial charge is 0.214 e. The van der Waals surface area contributed by atoms with Gasteiger partial charge in [0.05, 0.1) is 10.7 Å². The lowest BCUT2D eigenvalue weighted by atomic mass is 10.6. The van der Waals surface area contributed by atoms with Crippen molar-refractivity contribution in [3.63, 3.8) is 0 Å². The molecule has 0 aliphatic rings. The van der Waals surface area contributed by atoms with E-state index in [1.54, 1.807) is 5.38 Å². The maximum atomic E-state index is 10.6. The molecule has 0 unspecified atom stereocenters. The van der Waals surface area contributed by atoms with Crippen LogP contribution >= 0.6 is 23.7 Å². The van der Waals surface area contributed by atoms with Crippen LogP contribution in [-0.4, -0.2) is 13.4 Å². The first-order chi connectivity index (χ1) is 4.97. The predicted molar refractivity (Wildman–Crippen MR) is 50.9 cm³/mol. The van der Waals surface area contributed by atoms with Crippen LogP contribution in [0.3, 0.4) is 0 Å². The summed E-state index contributed by atoms with van der Waals surface area (Å²) in [6.07, 6.45) is 0. The Balaban J connectivity index is 0.00000121. The Morgan fingerprint density at radius 2 is 2.25 bits per heavy atom. The minimum Gasteiger partial charge on any atom is -0.245 e. The fraction of sp³-hybridized carbons (Fsp3) is 0.400. The van der Waals surface area contributed by atoms with E-state index in [4.69, 9.17) is 5.14 Å². The van der Waals surface area contributed by atoms with Gasteiger partial charge in [0, 0.05) is 5.38 Å². The average molecular weight is 229 g/mol. The molecule has 0 saturated heterocycles. The lowest BCUT2D eigenvalue weighted by Gasteiger charge is -1.90. The van der Waals surface area contributed by atoms with Crippen LogP contribution in [0.2, 0.25) is 0 Å². The standard InChI is InChI=1S/C5H8N2O2S2.ClH/c1-4-7-5(2-10-4)3-11(6,8)9;/h2H,3H2,1H3,(H2,6,8,9);1H. The van der Waals surface area contributed by atoms with Crippen molar-refractivity contribution < 1.29 is 8.42 Å². The van der Waals surface area contributed by atoms with Gasteiger partial charge in [-0.1, -0.05) is 0 Å². The molecule has 0 bridgehead atoms. The Hall–Kier alpha value is -0.170. The number of hydrogen-bond donors (Lipinski definition) is 1. The quantitative estimate of drug-likeness (QED) is 0.808. The normalized spacial score (nSPS) is 10.8. The van der Waals surface area contributed by atoms with E-state index in [1.807, 2.05) is 6.92 Å². The minimum atomic E-state index is -3.42. The van der Waals surface area contributed by atoms with E-state index in [0.29, 0.717) is 5.69 Å². The lowest BCUT2D eigenvalue weighted by Crippen LogP contribution is -2.14. The van der Waals surface area contributed by atoms with Crippen LogP contribution in [0.4, 0.5) is 0 Å². The molecule has 0 radical (unpaired) electrons. The summed E-state index contributed by atoms with van der Waals surface area (Å²) in [5.41, 5.74) is 0.523. The van der Waals surface area contributed by atoms with Gasteiger partial charge in [-0.05, 0) is 6.92 Å². The second kappa shape index (κ2) is 4.18. The number of thiazole rings is 1. The van der Waals surface area contributed by atoms with Crippen LogP contribution in [0.5, 0.6) is 0 Å². The Kier molecular flexibility index (Phi) is 4.12. The number of aromatic nitrogens is 1. The molecule has 0 amide bonds. The Bertz CT molecular complexity index is 346. The zero-order chi connectivity index (χ0) is 8.48. The third kappa shape index (κ3) is 4.01. The first kappa shape index (κ1) is 11.8. The van der Waals surface area contributed by atoms with Crippen LogP contribution < -0.4 is 5.14 Å². The van der Waals surface area contributed by atoms with Crippen molar-refractivity contribution in [3.8, 4) is 0 Å². The topological polar surface area (TPSA) is 73.0 Å². The molecule has 1 aromatic heterocycles. The first-order valence-corrected chi connectivity index (χ1v) is 5.48. The van der Waals surface area contributed by atoms with Crippen LogP contribution in [0.1, 0.15) is 10.7 Å². The van der Waals surface area contributed by atoms with Crippen molar-refractivity contribution in [1.82, 2.24) is 4.98 Å². The van der Waals surface area contributed by atoms with Crippen molar-refractivity contribution in [2.75, 3.05) is 0 Å². The van der Waals surface area contributed by atoms with E-state index in [9.17, 15) is 8.42 Å². The molecule has 0 fully saturated rings. The number of rotatable bonds is 2. The summed E-state index contributed by atoms with van der Waals surface area (Å²) < 4.78 is 21.1. The second-order valence-corrected chi connectivity index (χ2v) is 4.84. The van der Waals surface area contributed by atoms with Gasteiger partial charge in [-0.2, -0.15) is 0 Å². The summed E-state index contributed by atoms with van der Waals surface area (Å²) in [5.74, 6) is -0.169. The number of sulfonamides is 1. The summed E-state index contributed by atoms with van der Waals surface area (Å²) in [6.45, 7) is 1.82. The molecule has 0 aliphatic carbocycles. The average Bonchev–Trinajstić information content (AvgIpc) is 2.10. The van der Waals surface area contributed by atoms with Crippen LogP contribution in [0.25, 0.3) is 0 Å². The zero-order valence-corrected chi connectivity index (χ0v) is 8.80. The molecule has 1 rings (SSSR count).